The Bertz CT molecular complexity index is 365. The number of carbonyl (C=O) groups excluding carboxylic acids is 1. The molecule has 0 aliphatic carbocycles. The molecule has 3 N–H and O–H groups in total. The van der Waals surface area contributed by atoms with Gasteiger partial charge in [0.15, 0.2) is 6.29 Å². The van der Waals surface area contributed by atoms with Gasteiger partial charge in [0, 0.05) is 19.9 Å². The number of hydrogen-bond donors (Lipinski definition) is 2. The van der Waals surface area contributed by atoms with Crippen molar-refractivity contribution in [3.8, 4) is 0 Å². The van der Waals surface area contributed by atoms with Crippen LogP contribution in [0.2, 0.25) is 0 Å². The molecular weight excluding hydrogens is 220 g/mol. The zero-order valence-electron chi connectivity index (χ0n) is 10.1. The van der Waals surface area contributed by atoms with Crippen LogP contribution in [0, 0.1) is 0 Å². The fraction of sp³-hybridized carbons (Fsp3) is 0.417. The number of hydrogen-bond acceptors (Lipinski definition) is 4. The molecule has 5 nitrogen and oxygen atoms in total. The number of nitrogen functional groups attached to an aromatic ring is 1. The van der Waals surface area contributed by atoms with Crippen LogP contribution in [-0.2, 0) is 20.7 Å². The highest BCUT2D eigenvalue weighted by molar-refractivity contribution is 5.80. The molecule has 0 fully saturated rings. The Morgan fingerprint density at radius 1 is 1.35 bits per heavy atom. The van der Waals surface area contributed by atoms with Gasteiger partial charge in [-0.1, -0.05) is 18.2 Å². The monoisotopic (exact) mass is 238 g/mol. The molecule has 0 aliphatic rings. The van der Waals surface area contributed by atoms with Crippen molar-refractivity contribution >= 4 is 11.6 Å². The molecule has 1 aromatic carbocycles. The summed E-state index contributed by atoms with van der Waals surface area (Å²) in [5, 5.41) is 2.72. The minimum atomic E-state index is -0.424. The normalized spacial score (nSPS) is 10.5. The average Bonchev–Trinajstić information content (AvgIpc) is 2.33. The van der Waals surface area contributed by atoms with Gasteiger partial charge < -0.3 is 20.5 Å². The van der Waals surface area contributed by atoms with Crippen molar-refractivity contribution in [3.63, 3.8) is 0 Å². The van der Waals surface area contributed by atoms with Gasteiger partial charge in [-0.05, 0) is 11.6 Å². The number of nitrogens with two attached hydrogens (primary N) is 1. The maximum atomic E-state index is 11.6. The Kier molecular flexibility index (Phi) is 5.45. The van der Waals surface area contributed by atoms with Gasteiger partial charge in [-0.15, -0.1) is 0 Å². The van der Waals surface area contributed by atoms with Crippen molar-refractivity contribution in [1.29, 1.82) is 0 Å². The Morgan fingerprint density at radius 3 is 2.59 bits per heavy atom. The topological polar surface area (TPSA) is 73.6 Å². The quantitative estimate of drug-likeness (QED) is 0.560. The van der Waals surface area contributed by atoms with E-state index in [9.17, 15) is 4.79 Å². The summed E-state index contributed by atoms with van der Waals surface area (Å²) in [6.07, 6.45) is -0.167. The molecule has 5 heteroatoms. The smallest absolute Gasteiger partial charge is 0.224 e. The predicted molar refractivity (Wildman–Crippen MR) is 65.4 cm³/mol. The molecular formula is C12H18N2O3. The molecule has 0 radical (unpaired) electrons. The molecule has 0 aliphatic heterocycles. The number of rotatable bonds is 6. The average molecular weight is 238 g/mol. The van der Waals surface area contributed by atoms with Crippen molar-refractivity contribution in [2.24, 2.45) is 0 Å². The lowest BCUT2D eigenvalue weighted by atomic mass is 10.1. The number of methoxy groups -OCH3 is 2. The van der Waals surface area contributed by atoms with E-state index in [4.69, 9.17) is 15.2 Å². The Balaban J connectivity index is 2.42. The summed E-state index contributed by atoms with van der Waals surface area (Å²) < 4.78 is 9.92. The second-order valence-corrected chi connectivity index (χ2v) is 3.58. The minimum absolute atomic E-state index is 0.109. The van der Waals surface area contributed by atoms with E-state index in [1.165, 1.54) is 14.2 Å². The van der Waals surface area contributed by atoms with E-state index < -0.39 is 6.29 Å². The highest BCUT2D eigenvalue weighted by atomic mass is 16.7. The number of amides is 1. The third-order valence-electron chi connectivity index (χ3n) is 2.40. The van der Waals surface area contributed by atoms with Gasteiger partial charge >= 0.3 is 0 Å². The van der Waals surface area contributed by atoms with Crippen molar-refractivity contribution in [2.45, 2.75) is 12.7 Å². The van der Waals surface area contributed by atoms with E-state index >= 15 is 0 Å². The van der Waals surface area contributed by atoms with Crippen molar-refractivity contribution in [1.82, 2.24) is 5.32 Å². The number of carbonyl (C=O) groups is 1. The number of ether oxygens (including phenoxy) is 2. The van der Waals surface area contributed by atoms with Crippen LogP contribution in [0.3, 0.4) is 0 Å². The first kappa shape index (κ1) is 13.5. The fourth-order valence-corrected chi connectivity index (χ4v) is 1.39. The van der Waals surface area contributed by atoms with Crippen LogP contribution in [0.25, 0.3) is 0 Å². The van der Waals surface area contributed by atoms with Crippen molar-refractivity contribution < 1.29 is 14.3 Å². The van der Waals surface area contributed by atoms with Gasteiger partial charge in [0.1, 0.15) is 0 Å². The van der Waals surface area contributed by atoms with Gasteiger partial charge in [-0.25, -0.2) is 0 Å². The van der Waals surface area contributed by atoms with E-state index in [-0.39, 0.29) is 12.3 Å². The van der Waals surface area contributed by atoms with Crippen LogP contribution in [0.15, 0.2) is 24.3 Å². The first-order valence-electron chi connectivity index (χ1n) is 5.33. The van der Waals surface area contributed by atoms with Crippen LogP contribution < -0.4 is 11.1 Å². The molecule has 0 bridgehead atoms. The largest absolute Gasteiger partial charge is 0.398 e. The highest BCUT2D eigenvalue weighted by Crippen LogP contribution is 2.10. The first-order valence-corrected chi connectivity index (χ1v) is 5.33. The summed E-state index contributed by atoms with van der Waals surface area (Å²) in [4.78, 5) is 11.6. The second kappa shape index (κ2) is 6.88. The van der Waals surface area contributed by atoms with E-state index in [2.05, 4.69) is 5.32 Å². The van der Waals surface area contributed by atoms with Crippen LogP contribution in [-0.4, -0.2) is 33.0 Å². The third kappa shape index (κ3) is 4.42. The Morgan fingerprint density at radius 2 is 2.00 bits per heavy atom. The zero-order valence-corrected chi connectivity index (χ0v) is 10.1. The lowest BCUT2D eigenvalue weighted by Gasteiger charge is -2.14. The van der Waals surface area contributed by atoms with Crippen molar-refractivity contribution in [3.05, 3.63) is 29.8 Å². The molecule has 0 spiro atoms. The van der Waals surface area contributed by atoms with Crippen molar-refractivity contribution in [2.75, 3.05) is 26.5 Å². The lowest BCUT2D eigenvalue weighted by molar-refractivity contribution is -0.126. The second-order valence-electron chi connectivity index (χ2n) is 3.58. The summed E-state index contributed by atoms with van der Waals surface area (Å²) in [6.45, 7) is 0.318. The van der Waals surface area contributed by atoms with Gasteiger partial charge in [0.05, 0.1) is 13.0 Å². The van der Waals surface area contributed by atoms with Crippen LogP contribution in [0.1, 0.15) is 5.56 Å². The molecule has 0 saturated carbocycles. The van der Waals surface area contributed by atoms with Gasteiger partial charge in [-0.2, -0.15) is 0 Å². The third-order valence-corrected chi connectivity index (χ3v) is 2.40. The molecule has 1 aromatic rings. The van der Waals surface area contributed by atoms with Gasteiger partial charge in [0.2, 0.25) is 5.91 Å². The molecule has 0 atom stereocenters. The molecule has 1 rings (SSSR count). The molecule has 1 amide bonds. The maximum Gasteiger partial charge on any atom is 0.224 e. The number of nitrogens with one attached hydrogen (secondary N) is 1. The highest BCUT2D eigenvalue weighted by Gasteiger charge is 2.09. The fourth-order valence-electron chi connectivity index (χ4n) is 1.39. The molecule has 0 aromatic heterocycles. The predicted octanol–water partition coefficient (Wildman–Crippen LogP) is 0.546. The molecule has 0 heterocycles. The van der Waals surface area contributed by atoms with E-state index in [1.54, 1.807) is 6.07 Å². The maximum absolute atomic E-state index is 11.6. The molecule has 17 heavy (non-hydrogen) atoms. The first-order chi connectivity index (χ1) is 8.17. The molecule has 0 unspecified atom stereocenters. The zero-order chi connectivity index (χ0) is 12.7. The van der Waals surface area contributed by atoms with Crippen LogP contribution in [0.4, 0.5) is 5.69 Å². The number of benzene rings is 1. The number of para-hydroxylation sites is 1. The summed E-state index contributed by atoms with van der Waals surface area (Å²) in [5.41, 5.74) is 7.19. The van der Waals surface area contributed by atoms with Crippen LogP contribution >= 0.6 is 0 Å². The summed E-state index contributed by atoms with van der Waals surface area (Å²) in [6, 6.07) is 7.30. The number of anilines is 1. The van der Waals surface area contributed by atoms with E-state index in [0.717, 1.165) is 5.56 Å². The van der Waals surface area contributed by atoms with Crippen LogP contribution in [0.5, 0.6) is 0 Å². The minimum Gasteiger partial charge on any atom is -0.398 e. The van der Waals surface area contributed by atoms with Gasteiger partial charge in [0.25, 0.3) is 0 Å². The SMILES string of the molecule is COC(CNC(=O)Cc1ccccc1N)OC. The summed E-state index contributed by atoms with van der Waals surface area (Å²) in [7, 11) is 3.05. The lowest BCUT2D eigenvalue weighted by Crippen LogP contribution is -2.35. The summed E-state index contributed by atoms with van der Waals surface area (Å²) in [5.74, 6) is -0.109. The van der Waals surface area contributed by atoms with E-state index in [0.29, 0.717) is 12.2 Å². The molecule has 94 valence electrons. The standard InChI is InChI=1S/C12H18N2O3/c1-16-12(17-2)8-14-11(15)7-9-5-3-4-6-10(9)13/h3-6,12H,7-8,13H2,1-2H3,(H,14,15). The van der Waals surface area contributed by atoms with Gasteiger partial charge in [-0.3, -0.25) is 4.79 Å². The summed E-state index contributed by atoms with van der Waals surface area (Å²) >= 11 is 0. The Hall–Kier alpha value is -1.59. The molecule has 0 saturated heterocycles. The Labute approximate surface area is 101 Å². The van der Waals surface area contributed by atoms with E-state index in [1.807, 2.05) is 18.2 Å².